The first kappa shape index (κ1) is 18.2. The number of hydrogen-bond acceptors (Lipinski definition) is 4. The van der Waals surface area contributed by atoms with Crippen molar-refractivity contribution < 1.29 is 14.3 Å². The number of nitrogens with one attached hydrogen (secondary N) is 1. The molecule has 0 fully saturated rings. The Morgan fingerprint density at radius 1 is 1.04 bits per heavy atom. The van der Waals surface area contributed by atoms with Crippen LogP contribution in [0.1, 0.15) is 21.5 Å². The summed E-state index contributed by atoms with van der Waals surface area (Å²) in [4.78, 5) is 25.1. The highest BCUT2D eigenvalue weighted by Gasteiger charge is 2.24. The number of nitriles is 1. The molecule has 134 valence electrons. The number of nitrogens with zero attached hydrogens (tertiary/aromatic N) is 1. The predicted octanol–water partition coefficient (Wildman–Crippen LogP) is 3.23. The first-order chi connectivity index (χ1) is 13.1. The molecule has 0 heterocycles. The van der Waals surface area contributed by atoms with Gasteiger partial charge in [0.1, 0.15) is 6.04 Å². The van der Waals surface area contributed by atoms with Gasteiger partial charge in [0.25, 0.3) is 5.91 Å². The molecule has 0 aliphatic heterocycles. The van der Waals surface area contributed by atoms with Gasteiger partial charge in [-0.05, 0) is 28.5 Å². The van der Waals surface area contributed by atoms with Crippen molar-refractivity contribution in [2.45, 2.75) is 12.5 Å². The second-order valence-corrected chi connectivity index (χ2v) is 6.05. The summed E-state index contributed by atoms with van der Waals surface area (Å²) < 4.78 is 4.85. The van der Waals surface area contributed by atoms with E-state index in [0.29, 0.717) is 16.7 Å². The SMILES string of the molecule is COC(=O)[C@H](Cc1ccccc1C#N)NC(=O)c1cccc2ccccc12. The van der Waals surface area contributed by atoms with Crippen molar-refractivity contribution in [2.24, 2.45) is 0 Å². The fourth-order valence-electron chi connectivity index (χ4n) is 3.02. The van der Waals surface area contributed by atoms with Gasteiger partial charge in [-0.3, -0.25) is 4.79 Å². The summed E-state index contributed by atoms with van der Waals surface area (Å²) in [6.07, 6.45) is 0.174. The van der Waals surface area contributed by atoms with Gasteiger partial charge in [0, 0.05) is 12.0 Å². The second kappa shape index (κ2) is 8.15. The van der Waals surface area contributed by atoms with E-state index < -0.39 is 12.0 Å². The van der Waals surface area contributed by atoms with Crippen LogP contribution in [0.3, 0.4) is 0 Å². The number of rotatable bonds is 5. The first-order valence-electron chi connectivity index (χ1n) is 8.48. The van der Waals surface area contributed by atoms with Crippen LogP contribution in [-0.2, 0) is 16.0 Å². The standard InChI is InChI=1S/C22H18N2O3/c1-27-22(26)20(13-16-8-2-3-9-17(16)14-23)24-21(25)19-12-6-10-15-7-4-5-11-18(15)19/h2-12,20H,13H2,1H3,(H,24,25)/t20-/m0/s1. The minimum Gasteiger partial charge on any atom is -0.467 e. The Bertz CT molecular complexity index is 1030. The molecule has 0 aliphatic rings. The van der Waals surface area contributed by atoms with Crippen LogP contribution >= 0.6 is 0 Å². The Balaban J connectivity index is 1.89. The topological polar surface area (TPSA) is 79.2 Å². The van der Waals surface area contributed by atoms with Crippen LogP contribution in [0.2, 0.25) is 0 Å². The number of benzene rings is 3. The third kappa shape index (κ3) is 3.96. The Hall–Kier alpha value is -3.65. The second-order valence-electron chi connectivity index (χ2n) is 6.05. The van der Waals surface area contributed by atoms with Crippen molar-refractivity contribution in [3.63, 3.8) is 0 Å². The van der Waals surface area contributed by atoms with Crippen LogP contribution in [0.4, 0.5) is 0 Å². The van der Waals surface area contributed by atoms with Crippen molar-refractivity contribution in [3.8, 4) is 6.07 Å². The van der Waals surface area contributed by atoms with E-state index in [4.69, 9.17) is 4.74 Å². The van der Waals surface area contributed by atoms with E-state index >= 15 is 0 Å². The largest absolute Gasteiger partial charge is 0.467 e. The van der Waals surface area contributed by atoms with Crippen LogP contribution in [-0.4, -0.2) is 25.0 Å². The van der Waals surface area contributed by atoms with Crippen LogP contribution in [0.5, 0.6) is 0 Å². The van der Waals surface area contributed by atoms with E-state index in [0.717, 1.165) is 10.8 Å². The summed E-state index contributed by atoms with van der Waals surface area (Å²) in [5.74, 6) is -0.923. The fraction of sp³-hybridized carbons (Fsp3) is 0.136. The average Bonchev–Trinajstić information content (AvgIpc) is 2.72. The van der Waals surface area contributed by atoms with Crippen molar-refractivity contribution in [1.29, 1.82) is 5.26 Å². The third-order valence-electron chi connectivity index (χ3n) is 4.39. The zero-order valence-corrected chi connectivity index (χ0v) is 14.8. The van der Waals surface area contributed by atoms with Gasteiger partial charge in [-0.1, -0.05) is 54.6 Å². The monoisotopic (exact) mass is 358 g/mol. The number of hydrogen-bond donors (Lipinski definition) is 1. The highest BCUT2D eigenvalue weighted by atomic mass is 16.5. The number of esters is 1. The van der Waals surface area contributed by atoms with Gasteiger partial charge in [0.2, 0.25) is 0 Å². The van der Waals surface area contributed by atoms with Crippen molar-refractivity contribution in [1.82, 2.24) is 5.32 Å². The minimum absolute atomic E-state index is 0.174. The summed E-state index contributed by atoms with van der Waals surface area (Å²) >= 11 is 0. The molecule has 3 aromatic rings. The lowest BCUT2D eigenvalue weighted by Gasteiger charge is -2.18. The van der Waals surface area contributed by atoms with Gasteiger partial charge in [-0.2, -0.15) is 5.26 Å². The van der Waals surface area contributed by atoms with Gasteiger partial charge in [-0.25, -0.2) is 4.79 Å². The number of methoxy groups -OCH3 is 1. The Morgan fingerprint density at radius 2 is 1.74 bits per heavy atom. The molecule has 27 heavy (non-hydrogen) atoms. The summed E-state index contributed by atoms with van der Waals surface area (Å²) in [7, 11) is 1.27. The molecule has 0 bridgehead atoms. The molecule has 0 saturated carbocycles. The molecule has 0 radical (unpaired) electrons. The molecule has 0 saturated heterocycles. The number of carbonyl (C=O) groups excluding carboxylic acids is 2. The number of amides is 1. The van der Waals surface area contributed by atoms with E-state index in [1.807, 2.05) is 30.3 Å². The van der Waals surface area contributed by atoms with Crippen molar-refractivity contribution in [3.05, 3.63) is 83.4 Å². The molecule has 5 heteroatoms. The lowest BCUT2D eigenvalue weighted by Crippen LogP contribution is -2.43. The van der Waals surface area contributed by atoms with Crippen molar-refractivity contribution >= 4 is 22.6 Å². The lowest BCUT2D eigenvalue weighted by atomic mass is 9.99. The molecular weight excluding hydrogens is 340 g/mol. The maximum absolute atomic E-state index is 12.9. The summed E-state index contributed by atoms with van der Waals surface area (Å²) in [6.45, 7) is 0. The number of fused-ring (bicyclic) bond motifs is 1. The normalized spacial score (nSPS) is 11.4. The van der Waals surface area contributed by atoms with Crippen LogP contribution < -0.4 is 5.32 Å². The number of ether oxygens (including phenoxy) is 1. The lowest BCUT2D eigenvalue weighted by molar-refractivity contribution is -0.142. The minimum atomic E-state index is -0.893. The molecule has 5 nitrogen and oxygen atoms in total. The Morgan fingerprint density at radius 3 is 2.52 bits per heavy atom. The highest BCUT2D eigenvalue weighted by molar-refractivity contribution is 6.08. The molecule has 3 rings (SSSR count). The molecule has 0 spiro atoms. The smallest absolute Gasteiger partial charge is 0.328 e. The maximum atomic E-state index is 12.9. The zero-order valence-electron chi connectivity index (χ0n) is 14.8. The zero-order chi connectivity index (χ0) is 19.2. The number of carbonyl (C=O) groups is 2. The molecule has 1 N–H and O–H groups in total. The van der Waals surface area contributed by atoms with E-state index in [2.05, 4.69) is 11.4 Å². The fourth-order valence-corrected chi connectivity index (χ4v) is 3.02. The van der Waals surface area contributed by atoms with Gasteiger partial charge < -0.3 is 10.1 Å². The van der Waals surface area contributed by atoms with Crippen molar-refractivity contribution in [2.75, 3.05) is 7.11 Å². The summed E-state index contributed by atoms with van der Waals surface area (Å²) in [6, 6.07) is 21.2. The van der Waals surface area contributed by atoms with E-state index in [1.54, 1.807) is 36.4 Å². The molecule has 0 aliphatic carbocycles. The Labute approximate surface area is 157 Å². The molecule has 3 aromatic carbocycles. The van der Waals surface area contributed by atoms with Gasteiger partial charge >= 0.3 is 5.97 Å². The molecule has 0 aromatic heterocycles. The van der Waals surface area contributed by atoms with Gasteiger partial charge in [-0.15, -0.1) is 0 Å². The molecule has 1 amide bonds. The quantitative estimate of drug-likeness (QED) is 0.710. The van der Waals surface area contributed by atoms with E-state index in [1.165, 1.54) is 7.11 Å². The predicted molar refractivity (Wildman–Crippen MR) is 102 cm³/mol. The average molecular weight is 358 g/mol. The summed E-state index contributed by atoms with van der Waals surface area (Å²) in [5.41, 5.74) is 1.62. The highest BCUT2D eigenvalue weighted by Crippen LogP contribution is 2.19. The Kier molecular flexibility index (Phi) is 5.48. The maximum Gasteiger partial charge on any atom is 0.328 e. The van der Waals surface area contributed by atoms with Gasteiger partial charge in [0.15, 0.2) is 0 Å². The van der Waals surface area contributed by atoms with Crippen LogP contribution in [0.15, 0.2) is 66.7 Å². The third-order valence-corrected chi connectivity index (χ3v) is 4.39. The first-order valence-corrected chi connectivity index (χ1v) is 8.48. The van der Waals surface area contributed by atoms with Crippen LogP contribution in [0.25, 0.3) is 10.8 Å². The van der Waals surface area contributed by atoms with Gasteiger partial charge in [0.05, 0.1) is 18.7 Å². The molecular formula is C22H18N2O3. The molecule has 1 atom stereocenters. The van der Waals surface area contributed by atoms with E-state index in [-0.39, 0.29) is 12.3 Å². The van der Waals surface area contributed by atoms with Crippen LogP contribution in [0, 0.1) is 11.3 Å². The summed E-state index contributed by atoms with van der Waals surface area (Å²) in [5, 5.41) is 13.7. The molecule has 0 unspecified atom stereocenters. The van der Waals surface area contributed by atoms with E-state index in [9.17, 15) is 14.9 Å².